The minimum atomic E-state index is -1.04. The average molecular weight is 284 g/mol. The van der Waals surface area contributed by atoms with Gasteiger partial charge in [-0.1, -0.05) is 19.3 Å². The molecule has 20 heavy (non-hydrogen) atoms. The molecule has 1 saturated heterocycles. The highest BCUT2D eigenvalue weighted by Gasteiger charge is 2.47. The largest absolute Gasteiger partial charge is 0.481 e. The molecule has 1 saturated carbocycles. The lowest BCUT2D eigenvalue weighted by Gasteiger charge is -2.33. The first-order valence-corrected chi connectivity index (χ1v) is 7.29. The molecule has 0 bridgehead atoms. The number of hydrogen-bond acceptors (Lipinski definition) is 3. The molecule has 0 spiro atoms. The Bertz CT molecular complexity index is 381. The first-order valence-electron chi connectivity index (χ1n) is 7.29. The fourth-order valence-corrected chi connectivity index (χ4v) is 2.97. The van der Waals surface area contributed by atoms with Crippen LogP contribution < -0.4 is 5.32 Å². The van der Waals surface area contributed by atoms with Crippen molar-refractivity contribution in [3.8, 4) is 0 Å². The number of carboxylic acids is 1. The minimum absolute atomic E-state index is 0.139. The van der Waals surface area contributed by atoms with Gasteiger partial charge in [-0.25, -0.2) is 4.79 Å². The van der Waals surface area contributed by atoms with Crippen molar-refractivity contribution in [3.63, 3.8) is 0 Å². The number of carbonyl (C=O) groups is 2. The van der Waals surface area contributed by atoms with Crippen LogP contribution in [0.25, 0.3) is 0 Å². The van der Waals surface area contributed by atoms with E-state index in [1.807, 2.05) is 0 Å². The summed E-state index contributed by atoms with van der Waals surface area (Å²) in [7, 11) is 1.79. The van der Waals surface area contributed by atoms with E-state index in [-0.39, 0.29) is 25.3 Å². The van der Waals surface area contributed by atoms with Crippen molar-refractivity contribution in [2.45, 2.75) is 51.1 Å². The zero-order valence-electron chi connectivity index (χ0n) is 12.2. The predicted octanol–water partition coefficient (Wildman–Crippen LogP) is 1.45. The summed E-state index contributed by atoms with van der Waals surface area (Å²) >= 11 is 0. The minimum Gasteiger partial charge on any atom is -0.481 e. The fourth-order valence-electron chi connectivity index (χ4n) is 2.97. The van der Waals surface area contributed by atoms with Crippen LogP contribution in [0.15, 0.2) is 0 Å². The van der Waals surface area contributed by atoms with Gasteiger partial charge in [0.2, 0.25) is 0 Å². The molecular formula is C14H24N2O4. The lowest BCUT2D eigenvalue weighted by Crippen LogP contribution is -2.54. The van der Waals surface area contributed by atoms with Crippen molar-refractivity contribution < 1.29 is 19.4 Å². The molecule has 0 radical (unpaired) electrons. The van der Waals surface area contributed by atoms with E-state index in [1.54, 1.807) is 18.9 Å². The van der Waals surface area contributed by atoms with E-state index in [4.69, 9.17) is 4.74 Å². The van der Waals surface area contributed by atoms with Gasteiger partial charge < -0.3 is 20.1 Å². The van der Waals surface area contributed by atoms with Crippen molar-refractivity contribution in [1.29, 1.82) is 0 Å². The van der Waals surface area contributed by atoms with Gasteiger partial charge in [0.1, 0.15) is 5.41 Å². The molecule has 114 valence electrons. The Balaban J connectivity index is 1.95. The van der Waals surface area contributed by atoms with Crippen LogP contribution in [0.5, 0.6) is 0 Å². The molecule has 0 aromatic heterocycles. The molecule has 2 amide bonds. The molecule has 1 aliphatic carbocycles. The maximum Gasteiger partial charge on any atom is 0.317 e. The second kappa shape index (κ2) is 5.99. The Morgan fingerprint density at radius 3 is 2.55 bits per heavy atom. The van der Waals surface area contributed by atoms with E-state index in [9.17, 15) is 14.7 Å². The standard InChI is InChI=1S/C14H24N2O4/c1-14(12(17)18)9-20-8-11(14)15-13(19)16(2)10-6-4-3-5-7-10/h10-11H,3-9H2,1-2H3,(H,15,19)(H,17,18). The summed E-state index contributed by atoms with van der Waals surface area (Å²) in [5, 5.41) is 12.1. The number of amides is 2. The van der Waals surface area contributed by atoms with E-state index in [2.05, 4.69) is 5.32 Å². The molecular weight excluding hydrogens is 260 g/mol. The highest BCUT2D eigenvalue weighted by Crippen LogP contribution is 2.29. The highest BCUT2D eigenvalue weighted by molar-refractivity contribution is 5.79. The quantitative estimate of drug-likeness (QED) is 0.822. The molecule has 1 heterocycles. The third kappa shape index (κ3) is 2.90. The summed E-state index contributed by atoms with van der Waals surface area (Å²) in [5.41, 5.74) is -1.04. The summed E-state index contributed by atoms with van der Waals surface area (Å²) in [6, 6.07) is -0.402. The van der Waals surface area contributed by atoms with Gasteiger partial charge in [-0.05, 0) is 19.8 Å². The van der Waals surface area contributed by atoms with Crippen molar-refractivity contribution in [2.24, 2.45) is 5.41 Å². The average Bonchev–Trinajstić information content (AvgIpc) is 2.81. The first kappa shape index (κ1) is 15.1. The van der Waals surface area contributed by atoms with Crippen LogP contribution in [0.2, 0.25) is 0 Å². The van der Waals surface area contributed by atoms with Gasteiger partial charge in [0, 0.05) is 13.1 Å². The van der Waals surface area contributed by atoms with Gasteiger partial charge in [-0.2, -0.15) is 0 Å². The molecule has 0 aromatic rings. The number of carbonyl (C=O) groups excluding carboxylic acids is 1. The van der Waals surface area contributed by atoms with Gasteiger partial charge in [-0.3, -0.25) is 4.79 Å². The van der Waals surface area contributed by atoms with Crippen LogP contribution in [0.1, 0.15) is 39.0 Å². The summed E-state index contributed by atoms with van der Waals surface area (Å²) in [4.78, 5) is 25.3. The van der Waals surface area contributed by atoms with E-state index in [1.165, 1.54) is 6.42 Å². The van der Waals surface area contributed by atoms with Crippen molar-refractivity contribution in [1.82, 2.24) is 10.2 Å². The van der Waals surface area contributed by atoms with Crippen molar-refractivity contribution >= 4 is 12.0 Å². The van der Waals surface area contributed by atoms with Crippen molar-refractivity contribution in [2.75, 3.05) is 20.3 Å². The van der Waals surface area contributed by atoms with Gasteiger partial charge in [0.15, 0.2) is 0 Å². The molecule has 2 rings (SSSR count). The first-order chi connectivity index (χ1) is 9.45. The van der Waals surface area contributed by atoms with E-state index in [0.717, 1.165) is 25.7 Å². The number of rotatable bonds is 3. The molecule has 6 heteroatoms. The number of hydrogen-bond donors (Lipinski definition) is 2. The Hall–Kier alpha value is -1.30. The maximum atomic E-state index is 12.3. The summed E-state index contributed by atoms with van der Waals surface area (Å²) in [6.07, 6.45) is 5.60. The Morgan fingerprint density at radius 1 is 1.30 bits per heavy atom. The topological polar surface area (TPSA) is 78.9 Å². The summed E-state index contributed by atoms with van der Waals surface area (Å²) in [5.74, 6) is -0.930. The number of nitrogens with zero attached hydrogens (tertiary/aromatic N) is 1. The smallest absolute Gasteiger partial charge is 0.317 e. The fraction of sp³-hybridized carbons (Fsp3) is 0.857. The molecule has 2 unspecified atom stereocenters. The van der Waals surface area contributed by atoms with E-state index < -0.39 is 17.4 Å². The molecule has 2 fully saturated rings. The van der Waals surface area contributed by atoms with Crippen LogP contribution in [0, 0.1) is 5.41 Å². The lowest BCUT2D eigenvalue weighted by atomic mass is 9.85. The van der Waals surface area contributed by atoms with Crippen LogP contribution in [-0.4, -0.2) is 54.4 Å². The number of carboxylic acid groups (broad SMARTS) is 1. The zero-order chi connectivity index (χ0) is 14.8. The Morgan fingerprint density at radius 2 is 1.95 bits per heavy atom. The van der Waals surface area contributed by atoms with Crippen molar-refractivity contribution in [3.05, 3.63) is 0 Å². The molecule has 0 aromatic carbocycles. The normalized spacial score (nSPS) is 31.0. The monoisotopic (exact) mass is 284 g/mol. The SMILES string of the molecule is CN(C(=O)NC1COCC1(C)C(=O)O)C1CCCCC1. The second-order valence-electron chi connectivity index (χ2n) is 6.14. The van der Waals surface area contributed by atoms with Gasteiger partial charge in [0.05, 0.1) is 19.3 Å². The second-order valence-corrected chi connectivity index (χ2v) is 6.14. The van der Waals surface area contributed by atoms with Gasteiger partial charge in [-0.15, -0.1) is 0 Å². The zero-order valence-corrected chi connectivity index (χ0v) is 12.2. The predicted molar refractivity (Wildman–Crippen MR) is 73.5 cm³/mol. The molecule has 6 nitrogen and oxygen atoms in total. The molecule has 2 N–H and O–H groups in total. The summed E-state index contributed by atoms with van der Waals surface area (Å²) in [6.45, 7) is 2.02. The third-order valence-corrected chi connectivity index (χ3v) is 4.68. The maximum absolute atomic E-state index is 12.3. The molecule has 2 atom stereocenters. The molecule has 1 aliphatic heterocycles. The Labute approximate surface area is 119 Å². The number of urea groups is 1. The number of ether oxygens (including phenoxy) is 1. The van der Waals surface area contributed by atoms with Crippen LogP contribution in [0.4, 0.5) is 4.79 Å². The van der Waals surface area contributed by atoms with Crippen LogP contribution in [-0.2, 0) is 9.53 Å². The highest BCUT2D eigenvalue weighted by atomic mass is 16.5. The van der Waals surface area contributed by atoms with E-state index in [0.29, 0.717) is 0 Å². The van der Waals surface area contributed by atoms with Crippen LogP contribution in [0.3, 0.4) is 0 Å². The van der Waals surface area contributed by atoms with E-state index >= 15 is 0 Å². The third-order valence-electron chi connectivity index (χ3n) is 4.68. The summed E-state index contributed by atoms with van der Waals surface area (Å²) < 4.78 is 5.25. The Kier molecular flexibility index (Phi) is 4.52. The molecule has 2 aliphatic rings. The lowest BCUT2D eigenvalue weighted by molar-refractivity contribution is -0.148. The number of nitrogens with one attached hydrogen (secondary N) is 1. The van der Waals surface area contributed by atoms with Gasteiger partial charge >= 0.3 is 12.0 Å². The van der Waals surface area contributed by atoms with Gasteiger partial charge in [0.25, 0.3) is 0 Å². The number of aliphatic carboxylic acids is 1. The van der Waals surface area contributed by atoms with Crippen LogP contribution >= 0.6 is 0 Å².